The molecule has 23 heavy (non-hydrogen) atoms. The van der Waals surface area contributed by atoms with Crippen LogP contribution in [0.2, 0.25) is 0 Å². The second kappa shape index (κ2) is 7.80. The summed E-state index contributed by atoms with van der Waals surface area (Å²) in [6.07, 6.45) is 6.19. The fraction of sp³-hybridized carbons (Fsp3) is 0.643. The van der Waals surface area contributed by atoms with Gasteiger partial charge in [0.1, 0.15) is 0 Å². The lowest BCUT2D eigenvalue weighted by atomic mass is 9.97. The number of rotatable bonds is 6. The molecule has 2 N–H and O–H groups in total. The van der Waals surface area contributed by atoms with Crippen molar-refractivity contribution in [3.63, 3.8) is 0 Å². The maximum Gasteiger partial charge on any atom is 0.243 e. The van der Waals surface area contributed by atoms with Crippen molar-refractivity contribution in [1.82, 2.24) is 19.6 Å². The zero-order valence-electron chi connectivity index (χ0n) is 13.4. The summed E-state index contributed by atoms with van der Waals surface area (Å²) in [5.74, 6) is 0.339. The third-order valence-electron chi connectivity index (χ3n) is 3.91. The third-order valence-corrected chi connectivity index (χ3v) is 4.60. The number of amides is 1. The molecule has 128 valence electrons. The fourth-order valence-electron chi connectivity index (χ4n) is 2.63. The molecule has 0 radical (unpaired) electrons. The van der Waals surface area contributed by atoms with Gasteiger partial charge in [0.2, 0.25) is 21.9 Å². The molecule has 0 spiro atoms. The van der Waals surface area contributed by atoms with Crippen LogP contribution in [0.1, 0.15) is 19.8 Å². The first-order valence-corrected chi connectivity index (χ1v) is 9.51. The van der Waals surface area contributed by atoms with Gasteiger partial charge in [0.05, 0.1) is 12.3 Å². The maximum absolute atomic E-state index is 12.3. The highest BCUT2D eigenvalue weighted by atomic mass is 32.2. The van der Waals surface area contributed by atoms with Crippen molar-refractivity contribution in [2.24, 2.45) is 5.92 Å². The van der Waals surface area contributed by atoms with Gasteiger partial charge in [-0.1, -0.05) is 0 Å². The highest BCUT2D eigenvalue weighted by molar-refractivity contribution is 7.88. The highest BCUT2D eigenvalue weighted by Crippen LogP contribution is 2.18. The van der Waals surface area contributed by atoms with E-state index < -0.39 is 10.0 Å². The number of piperidine rings is 1. The van der Waals surface area contributed by atoms with Crippen molar-refractivity contribution < 1.29 is 13.2 Å². The lowest BCUT2D eigenvalue weighted by Crippen LogP contribution is -2.49. The van der Waals surface area contributed by atoms with E-state index in [2.05, 4.69) is 24.9 Å². The fourth-order valence-corrected chi connectivity index (χ4v) is 3.17. The van der Waals surface area contributed by atoms with Crippen LogP contribution in [-0.4, -0.2) is 61.1 Å². The predicted octanol–water partition coefficient (Wildman–Crippen LogP) is 0.0648. The number of aromatic nitrogens is 2. The molecule has 2 unspecified atom stereocenters. The molecule has 2 heterocycles. The Morgan fingerprint density at radius 1 is 1.43 bits per heavy atom. The number of hydrogen-bond donors (Lipinski definition) is 2. The van der Waals surface area contributed by atoms with Gasteiger partial charge in [-0.15, -0.1) is 0 Å². The quantitative estimate of drug-likeness (QED) is 0.758. The minimum Gasteiger partial charge on any atom is -0.293 e. The predicted molar refractivity (Wildman–Crippen MR) is 87.3 cm³/mol. The highest BCUT2D eigenvalue weighted by Gasteiger charge is 2.28. The lowest BCUT2D eigenvalue weighted by molar-refractivity contribution is -0.121. The first kappa shape index (κ1) is 17.8. The van der Waals surface area contributed by atoms with Gasteiger partial charge in [-0.05, 0) is 38.3 Å². The van der Waals surface area contributed by atoms with Crippen molar-refractivity contribution in [3.8, 4) is 0 Å². The van der Waals surface area contributed by atoms with E-state index in [4.69, 9.17) is 0 Å². The normalized spacial score (nSPS) is 20.9. The number of carbonyl (C=O) groups excluding carboxylic acids is 1. The summed E-state index contributed by atoms with van der Waals surface area (Å²) < 4.78 is 24.9. The standard InChI is InChI=1S/C14H23N5O3S/c1-11(13(20)18-14-15-6-4-7-16-14)19-8-3-5-12(10-19)9-17-23(2,21)22/h4,6-7,11-12,17H,3,5,8-10H2,1-2H3,(H,15,16,18,20). The number of likely N-dealkylation sites (tertiary alicyclic amines) is 1. The van der Waals surface area contributed by atoms with E-state index in [0.717, 1.165) is 25.6 Å². The van der Waals surface area contributed by atoms with Crippen LogP contribution < -0.4 is 10.0 Å². The zero-order chi connectivity index (χ0) is 16.9. The number of hydrogen-bond acceptors (Lipinski definition) is 6. The van der Waals surface area contributed by atoms with Crippen LogP contribution in [0, 0.1) is 5.92 Å². The van der Waals surface area contributed by atoms with Gasteiger partial charge in [-0.25, -0.2) is 23.1 Å². The molecule has 1 aromatic rings. The molecule has 1 aromatic heterocycles. The summed E-state index contributed by atoms with van der Waals surface area (Å²) in [6.45, 7) is 3.75. The summed E-state index contributed by atoms with van der Waals surface area (Å²) in [5, 5.41) is 2.70. The van der Waals surface area contributed by atoms with E-state index in [1.54, 1.807) is 18.5 Å². The first-order chi connectivity index (χ1) is 10.8. The summed E-state index contributed by atoms with van der Waals surface area (Å²) in [5.41, 5.74) is 0. The van der Waals surface area contributed by atoms with Gasteiger partial charge >= 0.3 is 0 Å². The molecule has 1 aliphatic rings. The van der Waals surface area contributed by atoms with E-state index >= 15 is 0 Å². The smallest absolute Gasteiger partial charge is 0.243 e. The molecule has 1 aliphatic heterocycles. The Hall–Kier alpha value is -1.58. The average molecular weight is 341 g/mol. The molecule has 0 saturated carbocycles. The summed E-state index contributed by atoms with van der Waals surface area (Å²) >= 11 is 0. The van der Waals surface area contributed by atoms with Gasteiger partial charge in [-0.3, -0.25) is 15.0 Å². The topological polar surface area (TPSA) is 104 Å². The van der Waals surface area contributed by atoms with Crippen molar-refractivity contribution in [1.29, 1.82) is 0 Å². The van der Waals surface area contributed by atoms with Crippen molar-refractivity contribution >= 4 is 21.9 Å². The minimum atomic E-state index is -3.18. The van der Waals surface area contributed by atoms with Crippen LogP contribution >= 0.6 is 0 Å². The van der Waals surface area contributed by atoms with Crippen LogP contribution in [0.15, 0.2) is 18.5 Å². The van der Waals surface area contributed by atoms with Crippen LogP contribution in [0.25, 0.3) is 0 Å². The monoisotopic (exact) mass is 341 g/mol. The number of nitrogens with zero attached hydrogens (tertiary/aromatic N) is 3. The molecule has 1 fully saturated rings. The molecule has 0 aromatic carbocycles. The Labute approximate surface area is 136 Å². The van der Waals surface area contributed by atoms with E-state index in [0.29, 0.717) is 13.1 Å². The molecule has 0 aliphatic carbocycles. The largest absolute Gasteiger partial charge is 0.293 e. The third kappa shape index (κ3) is 5.85. The molecule has 2 rings (SSSR count). The summed E-state index contributed by atoms with van der Waals surface area (Å²) in [6, 6.07) is 1.36. The molecule has 0 bridgehead atoms. The van der Waals surface area contributed by atoms with Crippen molar-refractivity contribution in [2.45, 2.75) is 25.8 Å². The van der Waals surface area contributed by atoms with Crippen LogP contribution in [0.5, 0.6) is 0 Å². The molecule has 2 atom stereocenters. The Balaban J connectivity index is 1.88. The van der Waals surface area contributed by atoms with Crippen LogP contribution in [0.4, 0.5) is 5.95 Å². The Morgan fingerprint density at radius 3 is 2.78 bits per heavy atom. The summed E-state index contributed by atoms with van der Waals surface area (Å²) in [7, 11) is -3.18. The lowest BCUT2D eigenvalue weighted by Gasteiger charge is -2.35. The molecule has 1 saturated heterocycles. The molecule has 1 amide bonds. The van der Waals surface area contributed by atoms with Gasteiger partial charge in [0.25, 0.3) is 0 Å². The molecule has 8 nitrogen and oxygen atoms in total. The SMILES string of the molecule is CC(C(=O)Nc1ncccn1)N1CCCC(CNS(C)(=O)=O)C1. The Kier molecular flexibility index (Phi) is 6.03. The summed E-state index contributed by atoms with van der Waals surface area (Å²) in [4.78, 5) is 22.3. The Morgan fingerprint density at radius 2 is 2.13 bits per heavy atom. The number of sulfonamides is 1. The van der Waals surface area contributed by atoms with E-state index in [1.807, 2.05) is 6.92 Å². The molecular weight excluding hydrogens is 318 g/mol. The zero-order valence-corrected chi connectivity index (χ0v) is 14.2. The number of carbonyl (C=O) groups is 1. The second-order valence-corrected chi connectivity index (χ2v) is 7.69. The molecular formula is C14H23N5O3S. The van der Waals surface area contributed by atoms with Gasteiger partial charge in [-0.2, -0.15) is 0 Å². The van der Waals surface area contributed by atoms with Crippen LogP contribution in [0.3, 0.4) is 0 Å². The van der Waals surface area contributed by atoms with Crippen molar-refractivity contribution in [3.05, 3.63) is 18.5 Å². The average Bonchev–Trinajstić information content (AvgIpc) is 2.53. The number of nitrogens with one attached hydrogen (secondary N) is 2. The second-order valence-electron chi connectivity index (χ2n) is 5.86. The number of anilines is 1. The minimum absolute atomic E-state index is 0.159. The van der Waals surface area contributed by atoms with E-state index in [-0.39, 0.29) is 23.8 Å². The van der Waals surface area contributed by atoms with Crippen LogP contribution in [-0.2, 0) is 14.8 Å². The molecule has 9 heteroatoms. The van der Waals surface area contributed by atoms with E-state index in [1.165, 1.54) is 0 Å². The Bertz CT molecular complexity index is 623. The van der Waals surface area contributed by atoms with Gasteiger partial charge in [0, 0.05) is 25.5 Å². The van der Waals surface area contributed by atoms with Crippen molar-refractivity contribution in [2.75, 3.05) is 31.2 Å². The maximum atomic E-state index is 12.3. The first-order valence-electron chi connectivity index (χ1n) is 7.62. The van der Waals surface area contributed by atoms with Gasteiger partial charge < -0.3 is 0 Å². The van der Waals surface area contributed by atoms with Gasteiger partial charge in [0.15, 0.2) is 0 Å². The van der Waals surface area contributed by atoms with E-state index in [9.17, 15) is 13.2 Å².